The van der Waals surface area contributed by atoms with Crippen LogP contribution < -0.4 is 4.74 Å². The quantitative estimate of drug-likeness (QED) is 0.865. The lowest BCUT2D eigenvalue weighted by molar-refractivity contribution is -0.131. The summed E-state index contributed by atoms with van der Waals surface area (Å²) in [4.78, 5) is 19.2. The van der Waals surface area contributed by atoms with Gasteiger partial charge in [0, 0.05) is 24.9 Å². The number of aromatic amines is 1. The van der Waals surface area contributed by atoms with Crippen molar-refractivity contribution in [3.05, 3.63) is 41.5 Å². The highest BCUT2D eigenvalue weighted by atomic mass is 16.5. The third-order valence-electron chi connectivity index (χ3n) is 5.29. The molecule has 0 radical (unpaired) electrons. The molecule has 1 N–H and O–H groups in total. The van der Waals surface area contributed by atoms with Gasteiger partial charge in [0.1, 0.15) is 11.6 Å². The summed E-state index contributed by atoms with van der Waals surface area (Å²) in [6.07, 6.45) is 4.79. The number of benzene rings is 1. The summed E-state index contributed by atoms with van der Waals surface area (Å²) in [7, 11) is 0. The third-order valence-corrected chi connectivity index (χ3v) is 5.29. The maximum Gasteiger partial charge on any atom is 0.226 e. The molecule has 2 aliphatic rings. The van der Waals surface area contributed by atoms with Gasteiger partial charge in [0.2, 0.25) is 5.91 Å². The van der Waals surface area contributed by atoms with Crippen LogP contribution in [0.4, 0.5) is 0 Å². The Hall–Kier alpha value is -2.37. The number of hydrogen-bond donors (Lipinski definition) is 1. The molecule has 0 bridgehead atoms. The fraction of sp³-hybridized carbons (Fsp3) is 0.550. The maximum absolute atomic E-state index is 12.6. The maximum atomic E-state index is 12.6. The Labute approximate surface area is 154 Å². The minimum atomic E-state index is 0.198. The standard InChI is InChI=1S/C20H26N4O2/c1-2-26-17-7-3-14(4-8-17)13-18(25)24-11-9-16(10-12-24)20-21-19(22-23-20)15-5-6-15/h3-4,7-8,15-16H,2,5-6,9-13H2,1H3,(H,21,22,23). The lowest BCUT2D eigenvalue weighted by Crippen LogP contribution is -2.39. The molecular formula is C20H26N4O2. The first kappa shape index (κ1) is 17.1. The summed E-state index contributed by atoms with van der Waals surface area (Å²) >= 11 is 0. The molecule has 0 spiro atoms. The molecule has 0 atom stereocenters. The molecule has 4 rings (SSSR count). The molecule has 1 saturated heterocycles. The Morgan fingerprint density at radius 1 is 1.15 bits per heavy atom. The Morgan fingerprint density at radius 2 is 1.88 bits per heavy atom. The van der Waals surface area contributed by atoms with Crippen LogP contribution in [-0.2, 0) is 11.2 Å². The van der Waals surface area contributed by atoms with Gasteiger partial charge in [-0.15, -0.1) is 0 Å². The molecule has 1 saturated carbocycles. The SMILES string of the molecule is CCOc1ccc(CC(=O)N2CCC(c3nc(C4CC4)n[nH]3)CC2)cc1. The van der Waals surface area contributed by atoms with Gasteiger partial charge in [0.15, 0.2) is 5.82 Å². The van der Waals surface area contributed by atoms with Crippen LogP contribution in [0.15, 0.2) is 24.3 Å². The van der Waals surface area contributed by atoms with E-state index in [2.05, 4.69) is 15.2 Å². The Morgan fingerprint density at radius 3 is 2.54 bits per heavy atom. The van der Waals surface area contributed by atoms with E-state index >= 15 is 0 Å². The van der Waals surface area contributed by atoms with E-state index in [1.165, 1.54) is 12.8 Å². The summed E-state index contributed by atoms with van der Waals surface area (Å²) < 4.78 is 5.45. The van der Waals surface area contributed by atoms with Gasteiger partial charge >= 0.3 is 0 Å². The molecule has 0 unspecified atom stereocenters. The van der Waals surface area contributed by atoms with Crippen molar-refractivity contribution in [2.75, 3.05) is 19.7 Å². The first-order valence-corrected chi connectivity index (χ1v) is 9.64. The van der Waals surface area contributed by atoms with E-state index in [1.54, 1.807) is 0 Å². The first-order chi connectivity index (χ1) is 12.7. The molecule has 1 aliphatic heterocycles. The Kier molecular flexibility index (Phi) is 4.91. The molecule has 6 nitrogen and oxygen atoms in total. The predicted octanol–water partition coefficient (Wildman–Crippen LogP) is 3.03. The Bertz CT molecular complexity index is 743. The van der Waals surface area contributed by atoms with E-state index in [4.69, 9.17) is 4.74 Å². The number of ether oxygens (including phenoxy) is 1. The van der Waals surface area contributed by atoms with E-state index in [9.17, 15) is 4.79 Å². The van der Waals surface area contributed by atoms with Crippen LogP contribution in [0, 0.1) is 0 Å². The van der Waals surface area contributed by atoms with Gasteiger partial charge in [-0.1, -0.05) is 12.1 Å². The molecular weight excluding hydrogens is 328 g/mol. The second-order valence-corrected chi connectivity index (χ2v) is 7.26. The lowest BCUT2D eigenvalue weighted by atomic mass is 9.95. The van der Waals surface area contributed by atoms with Gasteiger partial charge in [0.05, 0.1) is 13.0 Å². The minimum absolute atomic E-state index is 0.198. The molecule has 1 amide bonds. The van der Waals surface area contributed by atoms with E-state index in [1.807, 2.05) is 36.1 Å². The summed E-state index contributed by atoms with van der Waals surface area (Å²) in [6.45, 7) is 4.20. The monoisotopic (exact) mass is 354 g/mol. The van der Waals surface area contributed by atoms with Crippen molar-refractivity contribution in [2.45, 2.75) is 50.9 Å². The number of nitrogens with zero attached hydrogens (tertiary/aromatic N) is 3. The van der Waals surface area contributed by atoms with E-state index in [0.717, 1.165) is 48.9 Å². The van der Waals surface area contributed by atoms with Crippen molar-refractivity contribution >= 4 is 5.91 Å². The number of likely N-dealkylation sites (tertiary alicyclic amines) is 1. The number of nitrogens with one attached hydrogen (secondary N) is 1. The molecule has 2 heterocycles. The summed E-state index contributed by atoms with van der Waals surface area (Å²) in [5.74, 6) is 4.01. The number of hydrogen-bond acceptors (Lipinski definition) is 4. The predicted molar refractivity (Wildman–Crippen MR) is 98.2 cm³/mol. The molecule has 138 valence electrons. The van der Waals surface area contributed by atoms with Crippen LogP contribution >= 0.6 is 0 Å². The van der Waals surface area contributed by atoms with Crippen molar-refractivity contribution in [2.24, 2.45) is 0 Å². The number of aromatic nitrogens is 3. The van der Waals surface area contributed by atoms with Crippen LogP contribution in [0.25, 0.3) is 0 Å². The number of H-pyrrole nitrogens is 1. The van der Waals surface area contributed by atoms with Gasteiger partial charge in [0.25, 0.3) is 0 Å². The van der Waals surface area contributed by atoms with Crippen molar-refractivity contribution in [3.63, 3.8) is 0 Å². The fourth-order valence-corrected chi connectivity index (χ4v) is 3.55. The number of amides is 1. The second kappa shape index (κ2) is 7.48. The van der Waals surface area contributed by atoms with Crippen LogP contribution in [0.2, 0.25) is 0 Å². The highest BCUT2D eigenvalue weighted by Crippen LogP contribution is 2.38. The summed E-state index contributed by atoms with van der Waals surface area (Å²) in [5.41, 5.74) is 1.03. The van der Waals surface area contributed by atoms with Crippen LogP contribution in [0.5, 0.6) is 5.75 Å². The van der Waals surface area contributed by atoms with Gasteiger partial charge in [-0.2, -0.15) is 5.10 Å². The van der Waals surface area contributed by atoms with Crippen molar-refractivity contribution in [1.29, 1.82) is 0 Å². The van der Waals surface area contributed by atoms with Crippen LogP contribution in [-0.4, -0.2) is 45.7 Å². The van der Waals surface area contributed by atoms with E-state index < -0.39 is 0 Å². The van der Waals surface area contributed by atoms with Crippen LogP contribution in [0.3, 0.4) is 0 Å². The minimum Gasteiger partial charge on any atom is -0.494 e. The first-order valence-electron chi connectivity index (χ1n) is 9.64. The molecule has 26 heavy (non-hydrogen) atoms. The van der Waals surface area contributed by atoms with Crippen molar-refractivity contribution in [1.82, 2.24) is 20.1 Å². The van der Waals surface area contributed by atoms with Gasteiger partial charge in [-0.3, -0.25) is 9.89 Å². The molecule has 1 aromatic carbocycles. The van der Waals surface area contributed by atoms with E-state index in [-0.39, 0.29) is 5.91 Å². The average Bonchev–Trinajstić information content (AvgIpc) is 3.40. The fourth-order valence-electron chi connectivity index (χ4n) is 3.55. The van der Waals surface area contributed by atoms with Crippen LogP contribution in [0.1, 0.15) is 61.7 Å². The van der Waals surface area contributed by atoms with Gasteiger partial charge in [-0.05, 0) is 50.3 Å². The zero-order valence-corrected chi connectivity index (χ0v) is 15.3. The summed E-state index contributed by atoms with van der Waals surface area (Å²) in [5, 5.41) is 7.48. The smallest absolute Gasteiger partial charge is 0.226 e. The average molecular weight is 354 g/mol. The number of carbonyl (C=O) groups excluding carboxylic acids is 1. The normalized spacial score (nSPS) is 18.1. The highest BCUT2D eigenvalue weighted by Gasteiger charge is 2.30. The number of carbonyl (C=O) groups is 1. The molecule has 6 heteroatoms. The number of rotatable bonds is 6. The Balaban J connectivity index is 1.28. The zero-order valence-electron chi connectivity index (χ0n) is 15.3. The highest BCUT2D eigenvalue weighted by molar-refractivity contribution is 5.78. The van der Waals surface area contributed by atoms with Crippen molar-refractivity contribution < 1.29 is 9.53 Å². The summed E-state index contributed by atoms with van der Waals surface area (Å²) in [6, 6.07) is 7.81. The molecule has 1 aliphatic carbocycles. The van der Waals surface area contributed by atoms with E-state index in [0.29, 0.717) is 24.9 Å². The molecule has 1 aromatic heterocycles. The zero-order chi connectivity index (χ0) is 17.9. The van der Waals surface area contributed by atoms with Crippen molar-refractivity contribution in [3.8, 4) is 5.75 Å². The second-order valence-electron chi connectivity index (χ2n) is 7.26. The molecule has 2 fully saturated rings. The lowest BCUT2D eigenvalue weighted by Gasteiger charge is -2.31. The molecule has 2 aromatic rings. The largest absolute Gasteiger partial charge is 0.494 e. The number of piperidine rings is 1. The third kappa shape index (κ3) is 3.89. The van der Waals surface area contributed by atoms with Gasteiger partial charge < -0.3 is 9.64 Å². The topological polar surface area (TPSA) is 71.1 Å². The van der Waals surface area contributed by atoms with Gasteiger partial charge in [-0.25, -0.2) is 4.98 Å².